The van der Waals surface area contributed by atoms with Crippen LogP contribution in [-0.4, -0.2) is 135 Å². The summed E-state index contributed by atoms with van der Waals surface area (Å²) >= 11 is 0. The summed E-state index contributed by atoms with van der Waals surface area (Å²) in [5, 5.41) is 23.4. The molecule has 9 amide bonds. The molecule has 1 aromatic heterocycles. The number of unbranched alkanes of at least 4 members (excludes halogenated alkanes) is 1. The van der Waals surface area contributed by atoms with Gasteiger partial charge in [0, 0.05) is 56.1 Å². The molecule has 1 aliphatic rings. The zero-order valence-electron chi connectivity index (χ0n) is 42.6. The number of carbonyl (C=O) groups is 9. The van der Waals surface area contributed by atoms with Gasteiger partial charge >= 0.3 is 0 Å². The molecule has 5 rings (SSSR count). The number of imidazole rings is 1. The molecular weight excluding hydrogens is 1020 g/mol. The Kier molecular flexibility index (Phi) is 23.4. The van der Waals surface area contributed by atoms with Gasteiger partial charge in [-0.3, -0.25) is 48.1 Å². The van der Waals surface area contributed by atoms with E-state index in [-0.39, 0.29) is 62.5 Å². The third kappa shape index (κ3) is 19.2. The van der Waals surface area contributed by atoms with Gasteiger partial charge in [-0.05, 0) is 48.1 Å². The lowest BCUT2D eigenvalue weighted by atomic mass is 10.00. The average Bonchev–Trinajstić information content (AvgIpc) is 3.91. The van der Waals surface area contributed by atoms with Crippen molar-refractivity contribution in [1.82, 2.24) is 52.5 Å². The maximum Gasteiger partial charge on any atom is 0.244 e. The molecule has 1 fully saturated rings. The summed E-state index contributed by atoms with van der Waals surface area (Å²) in [4.78, 5) is 136. The number of aromatic nitrogens is 2. The van der Waals surface area contributed by atoms with Crippen molar-refractivity contribution in [2.75, 3.05) is 18.1 Å². The van der Waals surface area contributed by atoms with E-state index in [1.807, 2.05) is 43.3 Å². The minimum Gasteiger partial charge on any atom is -0.370 e. The molecule has 76 heavy (non-hydrogen) atoms. The van der Waals surface area contributed by atoms with E-state index in [1.165, 1.54) is 26.4 Å². The molecule has 3 aromatic carbocycles. The zero-order chi connectivity index (χ0) is 55.1. The van der Waals surface area contributed by atoms with E-state index >= 15 is 0 Å². The van der Waals surface area contributed by atoms with Crippen LogP contribution in [0.5, 0.6) is 0 Å². The lowest BCUT2D eigenvalue weighted by Crippen LogP contribution is -2.61. The first-order valence-electron chi connectivity index (χ1n) is 24.9. The van der Waals surface area contributed by atoms with Gasteiger partial charge in [0.2, 0.25) is 53.2 Å². The second kappa shape index (κ2) is 30.0. The first-order chi connectivity index (χ1) is 36.4. The fraction of sp³-hybridized carbons (Fsp3) is 0.431. The van der Waals surface area contributed by atoms with Crippen molar-refractivity contribution in [2.45, 2.75) is 120 Å². The van der Waals surface area contributed by atoms with E-state index in [9.17, 15) is 43.2 Å². The Morgan fingerprint density at radius 2 is 1.30 bits per heavy atom. The highest BCUT2D eigenvalue weighted by molar-refractivity contribution is 8.76. The maximum absolute atomic E-state index is 14.6. The van der Waals surface area contributed by atoms with Crippen LogP contribution < -0.4 is 59.7 Å². The van der Waals surface area contributed by atoms with Crippen molar-refractivity contribution >= 4 is 91.5 Å². The van der Waals surface area contributed by atoms with Crippen LogP contribution in [0.3, 0.4) is 0 Å². The maximum atomic E-state index is 14.6. The van der Waals surface area contributed by atoms with Gasteiger partial charge in [-0.1, -0.05) is 114 Å². The number of fused-ring (bicyclic) bond motifs is 1. The number of nitrogens with zero attached hydrogens (tertiary/aromatic N) is 2. The fourth-order valence-electron chi connectivity index (χ4n) is 8.04. The number of guanidine groups is 1. The summed E-state index contributed by atoms with van der Waals surface area (Å²) in [6, 6.07) is 11.4. The Bertz CT molecular complexity index is 2670. The third-order valence-corrected chi connectivity index (χ3v) is 14.6. The SMILES string of the molecule is CCCC[C@H](NC(C)=O)C(=O)N[C@H]1CSSC[C@@H](C(N)=O)NC(=O)[C@H](Cc2ccc3ccccc3c2)NC(=O)[C@H](CCCN=C(N)N)NC(=O)[C@@H](Cc2ccccc2)NC(=O)[C@H](Cc2cnc[nH]2)NC(=O)[C@@H](C)NC1=O. The Morgan fingerprint density at radius 3 is 1.95 bits per heavy atom. The predicted octanol–water partition coefficient (Wildman–Crippen LogP) is -0.367. The van der Waals surface area contributed by atoms with E-state index in [4.69, 9.17) is 17.2 Å². The molecule has 0 radical (unpaired) electrons. The summed E-state index contributed by atoms with van der Waals surface area (Å²) in [5.74, 6) is -7.31. The molecule has 23 nitrogen and oxygen atoms in total. The van der Waals surface area contributed by atoms with Crippen LogP contribution in [0, 0.1) is 0 Å². The molecule has 4 aromatic rings. The number of hydrogen-bond donors (Lipinski definition) is 12. The third-order valence-electron chi connectivity index (χ3n) is 12.1. The van der Waals surface area contributed by atoms with Gasteiger partial charge in [-0.2, -0.15) is 0 Å². The predicted molar refractivity (Wildman–Crippen MR) is 290 cm³/mol. The molecule has 2 heterocycles. The van der Waals surface area contributed by atoms with Crippen LogP contribution in [0.15, 0.2) is 90.3 Å². The molecule has 15 N–H and O–H groups in total. The Labute approximate surface area is 448 Å². The van der Waals surface area contributed by atoms with E-state index in [2.05, 4.69) is 57.5 Å². The zero-order valence-corrected chi connectivity index (χ0v) is 44.2. The number of rotatable bonds is 17. The molecular formula is C51H68N14O9S2. The van der Waals surface area contributed by atoms with Crippen molar-refractivity contribution < 1.29 is 43.2 Å². The van der Waals surface area contributed by atoms with Gasteiger partial charge in [0.05, 0.1) is 6.33 Å². The van der Waals surface area contributed by atoms with Gasteiger partial charge in [-0.15, -0.1) is 0 Å². The number of hydrogen-bond acceptors (Lipinski definition) is 13. The molecule has 0 saturated carbocycles. The normalized spacial score (nSPS) is 22.0. The second-order valence-electron chi connectivity index (χ2n) is 18.3. The summed E-state index contributed by atoms with van der Waals surface area (Å²) in [6.07, 6.45) is 4.23. The lowest BCUT2D eigenvalue weighted by Gasteiger charge is -2.27. The summed E-state index contributed by atoms with van der Waals surface area (Å²) in [7, 11) is 2.09. The largest absolute Gasteiger partial charge is 0.370 e. The Morgan fingerprint density at radius 1 is 0.697 bits per heavy atom. The quantitative estimate of drug-likeness (QED) is 0.0278. The molecule has 1 aliphatic heterocycles. The van der Waals surface area contributed by atoms with Crippen LogP contribution in [0.2, 0.25) is 0 Å². The first kappa shape index (κ1) is 59.2. The van der Waals surface area contributed by atoms with Crippen molar-refractivity contribution in [1.29, 1.82) is 0 Å². The van der Waals surface area contributed by atoms with Crippen LogP contribution >= 0.6 is 21.6 Å². The van der Waals surface area contributed by atoms with Crippen molar-refractivity contribution in [2.24, 2.45) is 22.2 Å². The number of nitrogens with two attached hydrogens (primary N) is 3. The highest BCUT2D eigenvalue weighted by Crippen LogP contribution is 2.24. The number of benzene rings is 3. The van der Waals surface area contributed by atoms with Gasteiger partial charge in [0.25, 0.3) is 0 Å². The molecule has 0 unspecified atom stereocenters. The highest BCUT2D eigenvalue weighted by Gasteiger charge is 2.35. The van der Waals surface area contributed by atoms with Crippen molar-refractivity contribution in [3.8, 4) is 0 Å². The molecule has 0 spiro atoms. The highest BCUT2D eigenvalue weighted by atomic mass is 33.1. The number of aliphatic imine (C=N–C) groups is 1. The monoisotopic (exact) mass is 1080 g/mol. The summed E-state index contributed by atoms with van der Waals surface area (Å²) in [5.41, 5.74) is 18.7. The van der Waals surface area contributed by atoms with Crippen molar-refractivity contribution in [3.63, 3.8) is 0 Å². The number of H-pyrrole nitrogens is 1. The number of carbonyl (C=O) groups excluding carboxylic acids is 9. The number of primary amides is 1. The van der Waals surface area contributed by atoms with Crippen LogP contribution in [0.25, 0.3) is 10.8 Å². The standard InChI is InChI=1S/C51H68N14O9S2/c1-4-5-16-36(59-30(3)66)45(69)65-42-27-76-75-26-41(43(52)67)64-48(72)39(23-32-18-19-33-14-9-10-15-34(33)21-32)62-46(70)37(17-11-20-56-51(53)54)60-47(71)38(22-31-12-7-6-8-13-31)63-49(73)40(24-35-25-55-28-57-35)61-44(68)29(2)58-50(42)74/h6-10,12-15,18-19,21,25,28-29,36-42H,4-5,11,16-17,20,22-24,26-27H2,1-3H3,(H2,52,67)(H,55,57)(H,58,74)(H,59,66)(H,60,71)(H,61,68)(H,62,70)(H,63,73)(H,64,72)(H,65,69)(H4,53,54,56)/t29-,36+,37+,38-,39+,40+,41+,42+/m1/s1. The van der Waals surface area contributed by atoms with Gasteiger partial charge in [0.15, 0.2) is 5.96 Å². The smallest absolute Gasteiger partial charge is 0.244 e. The molecule has 8 atom stereocenters. The Balaban J connectivity index is 1.56. The number of nitrogens with one attached hydrogen (secondary N) is 9. The minimum atomic E-state index is -1.37. The summed E-state index contributed by atoms with van der Waals surface area (Å²) in [6.45, 7) is 4.62. The summed E-state index contributed by atoms with van der Waals surface area (Å²) < 4.78 is 0. The van der Waals surface area contributed by atoms with Crippen molar-refractivity contribution in [3.05, 3.63) is 102 Å². The number of aromatic amines is 1. The van der Waals surface area contributed by atoms with Gasteiger partial charge < -0.3 is 64.7 Å². The van der Waals surface area contributed by atoms with E-state index in [1.54, 1.807) is 36.4 Å². The van der Waals surface area contributed by atoms with E-state index in [0.717, 1.165) is 32.4 Å². The number of amides is 9. The lowest BCUT2D eigenvalue weighted by molar-refractivity contribution is -0.135. The van der Waals surface area contributed by atoms with Crippen LogP contribution in [-0.2, 0) is 62.4 Å². The van der Waals surface area contributed by atoms with Gasteiger partial charge in [-0.25, -0.2) is 4.98 Å². The second-order valence-corrected chi connectivity index (χ2v) is 20.8. The molecule has 0 bridgehead atoms. The molecule has 408 valence electrons. The first-order valence-corrected chi connectivity index (χ1v) is 27.4. The van der Waals surface area contributed by atoms with E-state index < -0.39 is 101 Å². The molecule has 1 saturated heterocycles. The topological polar surface area (TPSA) is 369 Å². The fourth-order valence-corrected chi connectivity index (χ4v) is 10.4. The van der Waals surface area contributed by atoms with Crippen LogP contribution in [0.4, 0.5) is 0 Å². The van der Waals surface area contributed by atoms with Crippen LogP contribution in [0.1, 0.15) is 69.7 Å². The molecule has 0 aliphatic carbocycles. The van der Waals surface area contributed by atoms with Gasteiger partial charge in [0.1, 0.15) is 48.3 Å². The molecule has 25 heteroatoms. The Hall–Kier alpha value is -7.67. The average molecular weight is 1090 g/mol. The minimum absolute atomic E-state index is 0.0430. The van der Waals surface area contributed by atoms with E-state index in [0.29, 0.717) is 29.7 Å².